The Morgan fingerprint density at radius 3 is 2.54 bits per heavy atom. The fourth-order valence-corrected chi connectivity index (χ4v) is 4.48. The smallest absolute Gasteiger partial charge is 0.240 e. The van der Waals surface area contributed by atoms with Crippen molar-refractivity contribution in [3.8, 4) is 11.8 Å². The second-order valence-corrected chi connectivity index (χ2v) is 8.41. The van der Waals surface area contributed by atoms with Gasteiger partial charge in [0.25, 0.3) is 0 Å². The lowest BCUT2D eigenvalue weighted by Gasteiger charge is -2.29. The van der Waals surface area contributed by atoms with Crippen molar-refractivity contribution >= 4 is 15.8 Å². The molecule has 1 aliphatic carbocycles. The monoisotopic (exact) mass is 405 g/mol. The predicted molar refractivity (Wildman–Crippen MR) is 102 cm³/mol. The minimum absolute atomic E-state index is 0.0526. The molecule has 28 heavy (non-hydrogen) atoms. The van der Waals surface area contributed by atoms with Crippen LogP contribution in [0.25, 0.3) is 0 Å². The van der Waals surface area contributed by atoms with Crippen LogP contribution in [-0.4, -0.2) is 43.4 Å². The molecule has 1 aromatic carbocycles. The Morgan fingerprint density at radius 2 is 1.86 bits per heavy atom. The number of sulfonamides is 1. The number of methoxy groups -OCH3 is 1. The molecule has 0 radical (unpaired) electrons. The molecule has 0 spiro atoms. The molecule has 0 atom stereocenters. The standard InChI is InChI=1S/C19H23N3O5S/c1-13(23)14-4-3-5-17(10-14)28(24,25)22-15-6-8-16(9-7-15)27-19-12-20-11-18(21-19)26-2/h3-5,10-12,15-16,22H,6-9H2,1-2H3. The Balaban J connectivity index is 1.57. The molecular formula is C19H23N3O5S. The van der Waals surface area contributed by atoms with Gasteiger partial charge in [0, 0.05) is 11.6 Å². The van der Waals surface area contributed by atoms with Crippen LogP contribution in [-0.2, 0) is 10.0 Å². The van der Waals surface area contributed by atoms with Gasteiger partial charge in [0.05, 0.1) is 24.4 Å². The fraction of sp³-hybridized carbons (Fsp3) is 0.421. The summed E-state index contributed by atoms with van der Waals surface area (Å²) in [4.78, 5) is 19.8. The largest absolute Gasteiger partial charge is 0.480 e. The number of ether oxygens (including phenoxy) is 2. The molecule has 1 N–H and O–H groups in total. The number of ketones is 1. The number of carbonyl (C=O) groups excluding carboxylic acids is 1. The first-order valence-electron chi connectivity index (χ1n) is 9.03. The number of nitrogens with zero attached hydrogens (tertiary/aromatic N) is 2. The minimum atomic E-state index is -3.68. The van der Waals surface area contributed by atoms with E-state index in [-0.39, 0.29) is 22.8 Å². The van der Waals surface area contributed by atoms with Gasteiger partial charge in [-0.2, -0.15) is 4.98 Å². The Hall–Kier alpha value is -2.52. The second-order valence-electron chi connectivity index (χ2n) is 6.70. The Kier molecular flexibility index (Phi) is 6.25. The number of aromatic nitrogens is 2. The number of benzene rings is 1. The molecule has 0 unspecified atom stereocenters. The van der Waals surface area contributed by atoms with E-state index in [1.54, 1.807) is 12.1 Å². The van der Waals surface area contributed by atoms with Crippen molar-refractivity contribution in [1.82, 2.24) is 14.7 Å². The summed E-state index contributed by atoms with van der Waals surface area (Å²) in [6.07, 6.45) is 5.66. The van der Waals surface area contributed by atoms with Crippen LogP contribution in [0.1, 0.15) is 43.0 Å². The van der Waals surface area contributed by atoms with Gasteiger partial charge in [-0.15, -0.1) is 0 Å². The topological polar surface area (TPSA) is 107 Å². The summed E-state index contributed by atoms with van der Waals surface area (Å²) < 4.78 is 38.9. The summed E-state index contributed by atoms with van der Waals surface area (Å²) in [5, 5.41) is 0. The summed E-state index contributed by atoms with van der Waals surface area (Å²) in [5.74, 6) is 0.603. The van der Waals surface area contributed by atoms with Gasteiger partial charge in [-0.25, -0.2) is 13.1 Å². The third kappa shape index (κ3) is 5.05. The predicted octanol–water partition coefficient (Wildman–Crippen LogP) is 2.36. The Labute approximate surface area is 164 Å². The minimum Gasteiger partial charge on any atom is -0.480 e. The summed E-state index contributed by atoms with van der Waals surface area (Å²) in [5.41, 5.74) is 0.374. The van der Waals surface area contributed by atoms with E-state index in [0.29, 0.717) is 43.0 Å². The van der Waals surface area contributed by atoms with Crippen LogP contribution in [0.15, 0.2) is 41.6 Å². The third-order valence-electron chi connectivity index (χ3n) is 4.63. The third-order valence-corrected chi connectivity index (χ3v) is 6.15. The van der Waals surface area contributed by atoms with E-state index in [2.05, 4.69) is 14.7 Å². The summed E-state index contributed by atoms with van der Waals surface area (Å²) >= 11 is 0. The first-order valence-corrected chi connectivity index (χ1v) is 10.5. The van der Waals surface area contributed by atoms with Crippen LogP contribution in [0.4, 0.5) is 0 Å². The Bertz CT molecular complexity index is 940. The van der Waals surface area contributed by atoms with Gasteiger partial charge < -0.3 is 9.47 Å². The van der Waals surface area contributed by atoms with E-state index in [0.717, 1.165) is 0 Å². The number of nitrogens with one attached hydrogen (secondary N) is 1. The van der Waals surface area contributed by atoms with Gasteiger partial charge in [-0.3, -0.25) is 9.78 Å². The van der Waals surface area contributed by atoms with E-state index in [4.69, 9.17) is 9.47 Å². The number of hydrogen-bond donors (Lipinski definition) is 1. The van der Waals surface area contributed by atoms with Gasteiger partial charge in [0.2, 0.25) is 21.8 Å². The molecule has 9 heteroatoms. The second kappa shape index (κ2) is 8.66. The highest BCUT2D eigenvalue weighted by atomic mass is 32.2. The van der Waals surface area contributed by atoms with Gasteiger partial charge in [-0.1, -0.05) is 12.1 Å². The molecule has 0 saturated heterocycles. The van der Waals surface area contributed by atoms with Crippen LogP contribution >= 0.6 is 0 Å². The maximum absolute atomic E-state index is 12.6. The molecule has 150 valence electrons. The fourth-order valence-electron chi connectivity index (χ4n) is 3.13. The van der Waals surface area contributed by atoms with Gasteiger partial charge in [-0.05, 0) is 44.7 Å². The van der Waals surface area contributed by atoms with Crippen molar-refractivity contribution in [2.75, 3.05) is 7.11 Å². The van der Waals surface area contributed by atoms with Crippen LogP contribution in [0, 0.1) is 0 Å². The van der Waals surface area contributed by atoms with E-state index in [9.17, 15) is 13.2 Å². The molecule has 0 aliphatic heterocycles. The molecule has 2 aromatic rings. The molecule has 1 fully saturated rings. The molecular weight excluding hydrogens is 382 g/mol. The number of carbonyl (C=O) groups is 1. The van der Waals surface area contributed by atoms with Crippen molar-refractivity contribution in [2.24, 2.45) is 0 Å². The average Bonchev–Trinajstić information content (AvgIpc) is 2.69. The molecule has 1 aliphatic rings. The average molecular weight is 405 g/mol. The highest BCUT2D eigenvalue weighted by Gasteiger charge is 2.27. The molecule has 8 nitrogen and oxygen atoms in total. The van der Waals surface area contributed by atoms with Crippen LogP contribution in [0.2, 0.25) is 0 Å². The van der Waals surface area contributed by atoms with Crippen molar-refractivity contribution in [1.29, 1.82) is 0 Å². The van der Waals surface area contributed by atoms with E-state index in [1.165, 1.54) is 38.6 Å². The van der Waals surface area contributed by atoms with Crippen molar-refractivity contribution in [2.45, 2.75) is 49.6 Å². The lowest BCUT2D eigenvalue weighted by Crippen LogP contribution is -2.39. The molecule has 0 bridgehead atoms. The number of hydrogen-bond acceptors (Lipinski definition) is 7. The van der Waals surface area contributed by atoms with Gasteiger partial charge in [0.1, 0.15) is 6.10 Å². The molecule has 3 rings (SSSR count). The quantitative estimate of drug-likeness (QED) is 0.705. The maximum atomic E-state index is 12.6. The zero-order valence-corrected chi connectivity index (χ0v) is 16.6. The molecule has 1 aromatic heterocycles. The van der Waals surface area contributed by atoms with E-state index in [1.807, 2.05) is 0 Å². The van der Waals surface area contributed by atoms with Crippen molar-refractivity contribution in [3.63, 3.8) is 0 Å². The summed E-state index contributed by atoms with van der Waals surface area (Å²) in [6.45, 7) is 1.41. The lowest BCUT2D eigenvalue weighted by molar-refractivity contribution is 0.101. The molecule has 1 heterocycles. The van der Waals surface area contributed by atoms with Gasteiger partial charge >= 0.3 is 0 Å². The zero-order chi connectivity index (χ0) is 20.1. The lowest BCUT2D eigenvalue weighted by atomic mass is 9.94. The van der Waals surface area contributed by atoms with Crippen LogP contribution < -0.4 is 14.2 Å². The summed E-state index contributed by atoms with van der Waals surface area (Å²) in [7, 11) is -2.17. The van der Waals surface area contributed by atoms with Gasteiger partial charge in [0.15, 0.2) is 5.78 Å². The van der Waals surface area contributed by atoms with E-state index < -0.39 is 10.0 Å². The maximum Gasteiger partial charge on any atom is 0.240 e. The summed E-state index contributed by atoms with van der Waals surface area (Å²) in [6, 6.07) is 5.89. The highest BCUT2D eigenvalue weighted by molar-refractivity contribution is 7.89. The molecule has 1 saturated carbocycles. The zero-order valence-electron chi connectivity index (χ0n) is 15.8. The van der Waals surface area contributed by atoms with Crippen molar-refractivity contribution in [3.05, 3.63) is 42.2 Å². The van der Waals surface area contributed by atoms with E-state index >= 15 is 0 Å². The van der Waals surface area contributed by atoms with Crippen molar-refractivity contribution < 1.29 is 22.7 Å². The highest BCUT2D eigenvalue weighted by Crippen LogP contribution is 2.25. The van der Waals surface area contributed by atoms with Crippen LogP contribution in [0.5, 0.6) is 11.8 Å². The normalized spacial score (nSPS) is 19.8. The Morgan fingerprint density at radius 1 is 1.14 bits per heavy atom. The molecule has 0 amide bonds. The van der Waals surface area contributed by atoms with Crippen LogP contribution in [0.3, 0.4) is 0 Å². The number of rotatable bonds is 7. The number of Topliss-reactive ketones (excluding diaryl/α,β-unsaturated/α-hetero) is 1. The SMILES string of the molecule is COc1cncc(OC2CCC(NS(=O)(=O)c3cccc(C(C)=O)c3)CC2)n1. The first kappa shape index (κ1) is 20.2. The first-order chi connectivity index (χ1) is 13.4.